The van der Waals surface area contributed by atoms with Crippen molar-refractivity contribution in [1.29, 1.82) is 0 Å². The highest BCUT2D eigenvalue weighted by atomic mass is 16.5. The van der Waals surface area contributed by atoms with E-state index < -0.39 is 5.97 Å². The van der Waals surface area contributed by atoms with Gasteiger partial charge in [-0.15, -0.1) is 0 Å². The number of nitrogens with zero attached hydrogens (tertiary/aromatic N) is 1. The van der Waals surface area contributed by atoms with E-state index in [1.54, 1.807) is 37.6 Å². The number of benzene rings is 2. The Bertz CT molecular complexity index is 829. The molecule has 0 saturated carbocycles. The van der Waals surface area contributed by atoms with Gasteiger partial charge in [0.05, 0.1) is 18.2 Å². The molecular formula is C17H14N2O3. The fraction of sp³-hybridized carbons (Fsp3) is 0.0588. The average molecular weight is 294 g/mol. The number of carbonyl (C=O) groups is 1. The van der Waals surface area contributed by atoms with Crippen molar-refractivity contribution in [3.8, 4) is 5.75 Å². The molecule has 0 amide bonds. The lowest BCUT2D eigenvalue weighted by atomic mass is 10.1. The predicted molar refractivity (Wildman–Crippen MR) is 85.0 cm³/mol. The number of fused-ring (bicyclic) bond motifs is 1. The number of aromatic nitrogens is 1. The van der Waals surface area contributed by atoms with E-state index in [4.69, 9.17) is 9.84 Å². The smallest absolute Gasteiger partial charge is 0.335 e. The van der Waals surface area contributed by atoms with Crippen molar-refractivity contribution in [2.24, 2.45) is 0 Å². The zero-order valence-corrected chi connectivity index (χ0v) is 11.9. The third kappa shape index (κ3) is 2.69. The molecule has 0 saturated heterocycles. The Kier molecular flexibility index (Phi) is 3.62. The predicted octanol–water partition coefficient (Wildman–Crippen LogP) is 3.69. The van der Waals surface area contributed by atoms with Gasteiger partial charge < -0.3 is 15.2 Å². The van der Waals surface area contributed by atoms with Crippen LogP contribution in [0.4, 0.5) is 11.4 Å². The first-order chi connectivity index (χ1) is 10.7. The molecule has 1 heterocycles. The van der Waals surface area contributed by atoms with Crippen LogP contribution in [0, 0.1) is 0 Å². The Morgan fingerprint density at radius 3 is 2.59 bits per heavy atom. The van der Waals surface area contributed by atoms with Crippen molar-refractivity contribution in [2.75, 3.05) is 12.4 Å². The molecule has 0 aliphatic rings. The molecule has 3 rings (SSSR count). The Labute approximate surface area is 127 Å². The lowest BCUT2D eigenvalue weighted by Gasteiger charge is -2.10. The number of carboxylic acid groups (broad SMARTS) is 1. The SMILES string of the molecule is COc1ccc2c(Nc3ccc(C(=O)O)cc3)ccnc2c1. The molecule has 0 atom stereocenters. The van der Waals surface area contributed by atoms with E-state index in [-0.39, 0.29) is 5.56 Å². The number of carboxylic acids is 1. The van der Waals surface area contributed by atoms with Crippen molar-refractivity contribution in [3.05, 3.63) is 60.3 Å². The van der Waals surface area contributed by atoms with Gasteiger partial charge in [-0.3, -0.25) is 4.98 Å². The molecule has 0 aliphatic carbocycles. The maximum Gasteiger partial charge on any atom is 0.335 e. The van der Waals surface area contributed by atoms with Gasteiger partial charge in [0.15, 0.2) is 0 Å². The largest absolute Gasteiger partial charge is 0.497 e. The van der Waals surface area contributed by atoms with Crippen LogP contribution >= 0.6 is 0 Å². The van der Waals surface area contributed by atoms with E-state index in [0.717, 1.165) is 28.0 Å². The number of rotatable bonds is 4. The zero-order chi connectivity index (χ0) is 15.5. The maximum atomic E-state index is 10.9. The molecule has 2 N–H and O–H groups in total. The summed E-state index contributed by atoms with van der Waals surface area (Å²) >= 11 is 0. The summed E-state index contributed by atoms with van der Waals surface area (Å²) in [4.78, 5) is 15.2. The van der Waals surface area contributed by atoms with E-state index in [2.05, 4.69) is 10.3 Å². The molecule has 0 spiro atoms. The van der Waals surface area contributed by atoms with Crippen molar-refractivity contribution in [1.82, 2.24) is 4.98 Å². The van der Waals surface area contributed by atoms with E-state index >= 15 is 0 Å². The van der Waals surface area contributed by atoms with Crippen LogP contribution in [0.25, 0.3) is 10.9 Å². The van der Waals surface area contributed by atoms with Crippen molar-refractivity contribution < 1.29 is 14.6 Å². The molecular weight excluding hydrogens is 280 g/mol. The topological polar surface area (TPSA) is 71.5 Å². The third-order valence-corrected chi connectivity index (χ3v) is 3.36. The number of aromatic carboxylic acids is 1. The molecule has 0 bridgehead atoms. The average Bonchev–Trinajstić information content (AvgIpc) is 2.55. The second kappa shape index (κ2) is 5.73. The minimum atomic E-state index is -0.937. The Morgan fingerprint density at radius 2 is 1.91 bits per heavy atom. The van der Waals surface area contributed by atoms with Crippen LogP contribution in [0.2, 0.25) is 0 Å². The first-order valence-electron chi connectivity index (χ1n) is 6.70. The Morgan fingerprint density at radius 1 is 1.14 bits per heavy atom. The summed E-state index contributed by atoms with van der Waals surface area (Å²) in [5.74, 6) is -0.184. The van der Waals surface area contributed by atoms with Gasteiger partial charge in [0.2, 0.25) is 0 Å². The minimum Gasteiger partial charge on any atom is -0.497 e. The number of anilines is 2. The summed E-state index contributed by atoms with van der Waals surface area (Å²) in [6, 6.07) is 14.2. The van der Waals surface area contributed by atoms with Crippen molar-refractivity contribution in [3.63, 3.8) is 0 Å². The molecule has 3 aromatic rings. The van der Waals surface area contributed by atoms with Gasteiger partial charge in [-0.2, -0.15) is 0 Å². The van der Waals surface area contributed by atoms with Gasteiger partial charge in [0, 0.05) is 29.0 Å². The fourth-order valence-electron chi connectivity index (χ4n) is 2.22. The zero-order valence-electron chi connectivity index (χ0n) is 11.9. The molecule has 5 nitrogen and oxygen atoms in total. The number of ether oxygens (including phenoxy) is 1. The van der Waals surface area contributed by atoms with Crippen LogP contribution in [0.15, 0.2) is 54.7 Å². The van der Waals surface area contributed by atoms with Crippen molar-refractivity contribution in [2.45, 2.75) is 0 Å². The number of methoxy groups -OCH3 is 1. The highest BCUT2D eigenvalue weighted by Gasteiger charge is 2.05. The molecule has 0 radical (unpaired) electrons. The standard InChI is InChI=1S/C17H14N2O3/c1-22-13-6-7-14-15(8-9-18-16(14)10-13)19-12-4-2-11(3-5-12)17(20)21/h2-10H,1H3,(H,18,19)(H,20,21). The highest BCUT2D eigenvalue weighted by molar-refractivity contribution is 5.94. The Hall–Kier alpha value is -3.08. The van der Waals surface area contributed by atoms with Crippen LogP contribution in [0.5, 0.6) is 5.75 Å². The monoisotopic (exact) mass is 294 g/mol. The maximum absolute atomic E-state index is 10.9. The Balaban J connectivity index is 1.94. The van der Waals surface area contributed by atoms with Crippen molar-refractivity contribution >= 4 is 28.2 Å². The number of pyridine rings is 1. The van der Waals surface area contributed by atoms with E-state index in [0.29, 0.717) is 0 Å². The van der Waals surface area contributed by atoms with Crippen LogP contribution in [-0.4, -0.2) is 23.2 Å². The van der Waals surface area contributed by atoms with Crippen LogP contribution in [0.1, 0.15) is 10.4 Å². The molecule has 110 valence electrons. The fourth-order valence-corrected chi connectivity index (χ4v) is 2.22. The lowest BCUT2D eigenvalue weighted by molar-refractivity contribution is 0.0697. The van der Waals surface area contributed by atoms with Gasteiger partial charge in [-0.05, 0) is 42.5 Å². The molecule has 5 heteroatoms. The minimum absolute atomic E-state index is 0.259. The van der Waals surface area contributed by atoms with E-state index in [1.807, 2.05) is 24.3 Å². The van der Waals surface area contributed by atoms with E-state index in [1.165, 1.54) is 0 Å². The van der Waals surface area contributed by atoms with Gasteiger partial charge >= 0.3 is 5.97 Å². The first kappa shape index (κ1) is 13.9. The summed E-state index contributed by atoms with van der Waals surface area (Å²) in [5.41, 5.74) is 2.80. The number of nitrogens with one attached hydrogen (secondary N) is 1. The third-order valence-electron chi connectivity index (χ3n) is 3.36. The number of hydrogen-bond acceptors (Lipinski definition) is 4. The summed E-state index contributed by atoms with van der Waals surface area (Å²) in [6.45, 7) is 0. The molecule has 22 heavy (non-hydrogen) atoms. The molecule has 2 aromatic carbocycles. The summed E-state index contributed by atoms with van der Waals surface area (Å²) < 4.78 is 5.20. The molecule has 0 unspecified atom stereocenters. The molecule has 0 aliphatic heterocycles. The van der Waals surface area contributed by atoms with Gasteiger partial charge in [0.1, 0.15) is 5.75 Å². The highest BCUT2D eigenvalue weighted by Crippen LogP contribution is 2.27. The quantitative estimate of drug-likeness (QED) is 0.768. The van der Waals surface area contributed by atoms with Gasteiger partial charge in [-0.1, -0.05) is 0 Å². The second-order valence-corrected chi connectivity index (χ2v) is 4.75. The summed E-state index contributed by atoms with van der Waals surface area (Å²) in [7, 11) is 1.62. The van der Waals surface area contributed by atoms with Crippen LogP contribution < -0.4 is 10.1 Å². The van der Waals surface area contributed by atoms with Crippen LogP contribution in [-0.2, 0) is 0 Å². The molecule has 0 fully saturated rings. The molecule has 1 aromatic heterocycles. The van der Waals surface area contributed by atoms with Gasteiger partial charge in [0.25, 0.3) is 0 Å². The van der Waals surface area contributed by atoms with Gasteiger partial charge in [-0.25, -0.2) is 4.79 Å². The second-order valence-electron chi connectivity index (χ2n) is 4.75. The van der Waals surface area contributed by atoms with Crippen LogP contribution in [0.3, 0.4) is 0 Å². The lowest BCUT2D eigenvalue weighted by Crippen LogP contribution is -1.97. The summed E-state index contributed by atoms with van der Waals surface area (Å²) in [5, 5.41) is 13.2. The van der Waals surface area contributed by atoms with E-state index in [9.17, 15) is 4.79 Å². The first-order valence-corrected chi connectivity index (χ1v) is 6.70. The number of hydrogen-bond donors (Lipinski definition) is 2. The summed E-state index contributed by atoms with van der Waals surface area (Å²) in [6.07, 6.45) is 1.72. The normalized spacial score (nSPS) is 10.4.